The molecule has 1 aromatic rings. The van der Waals surface area contributed by atoms with Crippen molar-refractivity contribution in [3.05, 3.63) is 28.2 Å². The first-order valence-corrected chi connectivity index (χ1v) is 8.52. The quantitative estimate of drug-likeness (QED) is 0.842. The van der Waals surface area contributed by atoms with Crippen LogP contribution < -0.4 is 4.90 Å². The van der Waals surface area contributed by atoms with Crippen molar-refractivity contribution in [3.63, 3.8) is 0 Å². The van der Waals surface area contributed by atoms with Crippen LogP contribution in [0.4, 0.5) is 5.69 Å². The number of benzene rings is 1. The van der Waals surface area contributed by atoms with E-state index in [1.807, 2.05) is 6.07 Å². The van der Waals surface area contributed by atoms with Gasteiger partial charge in [0.05, 0.1) is 6.10 Å². The summed E-state index contributed by atoms with van der Waals surface area (Å²) >= 11 is 3.57. The summed E-state index contributed by atoms with van der Waals surface area (Å²) in [6.45, 7) is 4.11. The minimum Gasteiger partial charge on any atom is -0.389 e. The molecule has 0 aromatic heterocycles. The van der Waals surface area contributed by atoms with Gasteiger partial charge in [-0.1, -0.05) is 35.3 Å². The molecule has 1 aromatic carbocycles. The lowest BCUT2D eigenvalue weighted by atomic mass is 9.84. The van der Waals surface area contributed by atoms with Crippen molar-refractivity contribution < 1.29 is 5.11 Å². The number of hydrogen-bond acceptors (Lipinski definition) is 2. The van der Waals surface area contributed by atoms with Gasteiger partial charge in [0.25, 0.3) is 0 Å². The number of halogens is 1. The highest BCUT2D eigenvalue weighted by Crippen LogP contribution is 2.33. The van der Waals surface area contributed by atoms with Crippen LogP contribution in [-0.4, -0.2) is 18.2 Å². The first-order chi connectivity index (χ1) is 9.52. The third kappa shape index (κ3) is 3.56. The summed E-state index contributed by atoms with van der Waals surface area (Å²) < 4.78 is 0.999. The first kappa shape index (κ1) is 15.8. The van der Waals surface area contributed by atoms with Gasteiger partial charge in [-0.05, 0) is 56.2 Å². The number of aliphatic hydroxyl groups excluding tert-OH is 1. The van der Waals surface area contributed by atoms with Crippen molar-refractivity contribution in [2.75, 3.05) is 11.9 Å². The Kier molecular flexibility index (Phi) is 5.50. The second-order valence-corrected chi connectivity index (χ2v) is 6.93. The molecule has 0 aliphatic heterocycles. The lowest BCUT2D eigenvalue weighted by Crippen LogP contribution is -2.35. The molecule has 0 spiro atoms. The average molecular weight is 340 g/mol. The van der Waals surface area contributed by atoms with Crippen LogP contribution >= 0.6 is 15.9 Å². The van der Waals surface area contributed by atoms with Crippen LogP contribution in [0.1, 0.15) is 57.6 Å². The zero-order valence-corrected chi connectivity index (χ0v) is 14.4. The topological polar surface area (TPSA) is 23.5 Å². The summed E-state index contributed by atoms with van der Waals surface area (Å²) in [7, 11) is 2.20. The number of rotatable bonds is 4. The van der Waals surface area contributed by atoms with Crippen molar-refractivity contribution in [1.82, 2.24) is 0 Å². The van der Waals surface area contributed by atoms with Crippen molar-refractivity contribution in [2.45, 2.75) is 58.1 Å². The number of hydrogen-bond donors (Lipinski definition) is 1. The molecule has 112 valence electrons. The van der Waals surface area contributed by atoms with Gasteiger partial charge in [0.1, 0.15) is 0 Å². The molecule has 0 amide bonds. The summed E-state index contributed by atoms with van der Waals surface area (Å²) in [6, 6.07) is 6.94. The van der Waals surface area contributed by atoms with E-state index in [-0.39, 0.29) is 0 Å². The van der Waals surface area contributed by atoms with E-state index in [0.717, 1.165) is 16.0 Å². The molecule has 20 heavy (non-hydrogen) atoms. The Balaban J connectivity index is 2.06. The van der Waals surface area contributed by atoms with Gasteiger partial charge >= 0.3 is 0 Å². The lowest BCUT2D eigenvalue weighted by Gasteiger charge is -2.36. The van der Waals surface area contributed by atoms with Gasteiger partial charge in [-0.25, -0.2) is 0 Å². The van der Waals surface area contributed by atoms with Gasteiger partial charge < -0.3 is 10.0 Å². The van der Waals surface area contributed by atoms with Gasteiger partial charge in [0.2, 0.25) is 0 Å². The predicted molar refractivity (Wildman–Crippen MR) is 89.2 cm³/mol. The second-order valence-electron chi connectivity index (χ2n) is 6.08. The monoisotopic (exact) mass is 339 g/mol. The maximum Gasteiger partial charge on any atom is 0.0772 e. The van der Waals surface area contributed by atoms with Gasteiger partial charge in [0, 0.05) is 23.2 Å². The Labute approximate surface area is 131 Å². The fraction of sp³-hybridized carbons (Fsp3) is 0.647. The molecule has 1 unspecified atom stereocenters. The molecule has 2 rings (SSSR count). The van der Waals surface area contributed by atoms with Gasteiger partial charge in [-0.15, -0.1) is 0 Å². The van der Waals surface area contributed by atoms with Crippen molar-refractivity contribution >= 4 is 21.6 Å². The minimum absolute atomic E-state index is 0.427. The normalized spacial score (nSPS) is 24.4. The minimum atomic E-state index is -0.427. The Hall–Kier alpha value is -0.540. The van der Waals surface area contributed by atoms with Crippen molar-refractivity contribution in [3.8, 4) is 0 Å². The molecule has 0 saturated heterocycles. The smallest absolute Gasteiger partial charge is 0.0772 e. The molecule has 1 aliphatic carbocycles. The van der Waals surface area contributed by atoms with Crippen molar-refractivity contribution in [1.29, 1.82) is 0 Å². The number of aliphatic hydroxyl groups is 1. The summed E-state index contributed by atoms with van der Waals surface area (Å²) in [5.74, 6) is 0.934. The first-order valence-electron chi connectivity index (χ1n) is 7.73. The molecule has 0 radical (unpaired) electrons. The largest absolute Gasteiger partial charge is 0.389 e. The maximum atomic E-state index is 9.70. The van der Waals surface area contributed by atoms with Gasteiger partial charge in [-0.2, -0.15) is 0 Å². The molecule has 0 heterocycles. The second kappa shape index (κ2) is 6.95. The molecule has 1 atom stereocenters. The van der Waals surface area contributed by atoms with E-state index in [1.54, 1.807) is 6.92 Å². The Morgan fingerprint density at radius 2 is 1.95 bits per heavy atom. The van der Waals surface area contributed by atoms with E-state index in [0.29, 0.717) is 6.04 Å². The zero-order chi connectivity index (χ0) is 14.7. The highest BCUT2D eigenvalue weighted by Gasteiger charge is 2.23. The van der Waals surface area contributed by atoms with Crippen LogP contribution in [0, 0.1) is 5.92 Å². The Bertz CT molecular complexity index is 439. The number of nitrogens with zero attached hydrogens (tertiary/aromatic N) is 1. The van der Waals surface area contributed by atoms with Gasteiger partial charge in [0.15, 0.2) is 0 Å². The van der Waals surface area contributed by atoms with E-state index in [1.165, 1.54) is 37.8 Å². The summed E-state index contributed by atoms with van der Waals surface area (Å²) in [4.78, 5) is 2.41. The summed E-state index contributed by atoms with van der Waals surface area (Å²) in [6.07, 6.45) is 6.21. The maximum absolute atomic E-state index is 9.70. The molecule has 3 heteroatoms. The van der Waals surface area contributed by atoms with E-state index >= 15 is 0 Å². The highest BCUT2D eigenvalue weighted by atomic mass is 79.9. The average Bonchev–Trinajstić information content (AvgIpc) is 2.46. The molecule has 1 saturated carbocycles. The highest BCUT2D eigenvalue weighted by molar-refractivity contribution is 9.10. The van der Waals surface area contributed by atoms with Crippen molar-refractivity contribution in [2.24, 2.45) is 5.92 Å². The van der Waals surface area contributed by atoms with E-state index in [9.17, 15) is 5.11 Å². The van der Waals surface area contributed by atoms with E-state index < -0.39 is 6.10 Å². The van der Waals surface area contributed by atoms with E-state index in [4.69, 9.17) is 0 Å². The standard InChI is InChI=1S/C17H26BrNO/c1-4-13-5-7-14(8-6-13)19(3)15-9-10-16(12(2)20)17(18)11-15/h9-14,20H,4-8H2,1-3H3. The Morgan fingerprint density at radius 1 is 1.30 bits per heavy atom. The fourth-order valence-electron chi connectivity index (χ4n) is 3.23. The lowest BCUT2D eigenvalue weighted by molar-refractivity contribution is 0.198. The van der Waals surface area contributed by atoms with Crippen LogP contribution in [0.3, 0.4) is 0 Å². The Morgan fingerprint density at radius 3 is 2.45 bits per heavy atom. The van der Waals surface area contributed by atoms with Crippen LogP contribution in [0.15, 0.2) is 22.7 Å². The van der Waals surface area contributed by atoms with Gasteiger partial charge in [-0.3, -0.25) is 0 Å². The molecule has 2 nitrogen and oxygen atoms in total. The van der Waals surface area contributed by atoms with Crippen LogP contribution in [0.25, 0.3) is 0 Å². The zero-order valence-electron chi connectivity index (χ0n) is 12.8. The molecule has 1 N–H and O–H groups in total. The van der Waals surface area contributed by atoms with Crippen LogP contribution in [-0.2, 0) is 0 Å². The number of anilines is 1. The van der Waals surface area contributed by atoms with Crippen LogP contribution in [0.2, 0.25) is 0 Å². The molecular weight excluding hydrogens is 314 g/mol. The predicted octanol–water partition coefficient (Wildman–Crippen LogP) is 4.91. The SMILES string of the molecule is CCC1CCC(N(C)c2ccc(C(C)O)c(Br)c2)CC1. The molecule has 0 bridgehead atoms. The summed E-state index contributed by atoms with van der Waals surface area (Å²) in [5.41, 5.74) is 2.19. The third-order valence-corrected chi connectivity index (χ3v) is 5.47. The fourth-order valence-corrected chi connectivity index (χ4v) is 3.92. The molecular formula is C17H26BrNO. The third-order valence-electron chi connectivity index (χ3n) is 4.78. The van der Waals surface area contributed by atoms with Crippen LogP contribution in [0.5, 0.6) is 0 Å². The summed E-state index contributed by atoms with van der Waals surface area (Å²) in [5, 5.41) is 9.70. The molecule has 1 fully saturated rings. The molecule has 1 aliphatic rings. The van der Waals surface area contributed by atoms with E-state index in [2.05, 4.69) is 46.9 Å².